The minimum atomic E-state index is 0.0287. The fourth-order valence-corrected chi connectivity index (χ4v) is 3.65. The van der Waals surface area contributed by atoms with Crippen LogP contribution in [0.15, 0.2) is 24.3 Å². The molecule has 1 aliphatic heterocycles. The van der Waals surface area contributed by atoms with E-state index < -0.39 is 0 Å². The van der Waals surface area contributed by atoms with Crippen molar-refractivity contribution in [2.45, 2.75) is 37.1 Å². The Morgan fingerprint density at radius 1 is 1.06 bits per heavy atom. The lowest BCUT2D eigenvalue weighted by Gasteiger charge is -2.22. The van der Waals surface area contributed by atoms with Crippen LogP contribution < -0.4 is 5.73 Å². The number of rotatable bonds is 2. The zero-order valence-corrected chi connectivity index (χ0v) is 10.4. The second-order valence-electron chi connectivity index (χ2n) is 5.16. The highest BCUT2D eigenvalue weighted by molar-refractivity contribution is 7.99. The molecule has 0 amide bonds. The van der Waals surface area contributed by atoms with E-state index >= 15 is 0 Å². The van der Waals surface area contributed by atoms with E-state index in [1.807, 2.05) is 0 Å². The van der Waals surface area contributed by atoms with Gasteiger partial charge in [0.2, 0.25) is 0 Å². The van der Waals surface area contributed by atoms with Gasteiger partial charge in [0.15, 0.2) is 0 Å². The smallest absolute Gasteiger partial charge is 0.0411 e. The summed E-state index contributed by atoms with van der Waals surface area (Å²) in [5, 5.41) is 0. The molecule has 0 unspecified atom stereocenters. The summed E-state index contributed by atoms with van der Waals surface area (Å²) in [6.07, 6.45) is 5.01. The number of thioether (sulfide) groups is 1. The summed E-state index contributed by atoms with van der Waals surface area (Å²) in [6, 6.07) is 9.12. The predicted molar refractivity (Wildman–Crippen MR) is 70.8 cm³/mol. The van der Waals surface area contributed by atoms with Crippen molar-refractivity contribution in [3.05, 3.63) is 35.4 Å². The van der Waals surface area contributed by atoms with Gasteiger partial charge in [0.05, 0.1) is 0 Å². The SMILES string of the molecule is NC1(c2ccc(C3CCSCC3)cc2)CC1. The van der Waals surface area contributed by atoms with Crippen molar-refractivity contribution in [2.75, 3.05) is 11.5 Å². The molecule has 1 aromatic carbocycles. The number of hydrogen-bond donors (Lipinski definition) is 1. The Hall–Kier alpha value is -0.470. The number of benzene rings is 1. The second kappa shape index (κ2) is 4.08. The van der Waals surface area contributed by atoms with Gasteiger partial charge in [-0.15, -0.1) is 0 Å². The molecule has 3 rings (SSSR count). The van der Waals surface area contributed by atoms with Crippen molar-refractivity contribution >= 4 is 11.8 Å². The minimum Gasteiger partial charge on any atom is -0.321 e. The zero-order chi connectivity index (χ0) is 11.0. The Bertz CT molecular complexity index is 361. The maximum atomic E-state index is 6.19. The fraction of sp³-hybridized carbons (Fsp3) is 0.571. The third-order valence-electron chi connectivity index (χ3n) is 3.97. The molecule has 86 valence electrons. The first-order valence-corrected chi connectivity index (χ1v) is 7.40. The lowest BCUT2D eigenvalue weighted by molar-refractivity contribution is 0.636. The molecule has 0 radical (unpaired) electrons. The topological polar surface area (TPSA) is 26.0 Å². The van der Waals surface area contributed by atoms with Gasteiger partial charge in [0.25, 0.3) is 0 Å². The van der Waals surface area contributed by atoms with Crippen molar-refractivity contribution in [2.24, 2.45) is 5.73 Å². The van der Waals surface area contributed by atoms with Crippen LogP contribution in [0.4, 0.5) is 0 Å². The van der Waals surface area contributed by atoms with Gasteiger partial charge in [-0.1, -0.05) is 24.3 Å². The van der Waals surface area contributed by atoms with E-state index in [0.29, 0.717) is 0 Å². The summed E-state index contributed by atoms with van der Waals surface area (Å²) in [5.41, 5.74) is 9.08. The molecular formula is C14H19NS. The molecule has 0 bridgehead atoms. The van der Waals surface area contributed by atoms with E-state index in [4.69, 9.17) is 5.73 Å². The van der Waals surface area contributed by atoms with Crippen LogP contribution in [0.1, 0.15) is 42.7 Å². The van der Waals surface area contributed by atoms with Gasteiger partial charge in [-0.3, -0.25) is 0 Å². The largest absolute Gasteiger partial charge is 0.321 e. The number of nitrogens with two attached hydrogens (primary N) is 1. The summed E-state index contributed by atoms with van der Waals surface area (Å²) < 4.78 is 0. The fourth-order valence-electron chi connectivity index (χ4n) is 2.54. The molecule has 1 aromatic rings. The Labute approximate surface area is 102 Å². The Morgan fingerprint density at radius 2 is 1.69 bits per heavy atom. The summed E-state index contributed by atoms with van der Waals surface area (Å²) in [7, 11) is 0. The van der Waals surface area contributed by atoms with Gasteiger partial charge in [-0.2, -0.15) is 11.8 Å². The molecule has 2 N–H and O–H groups in total. The summed E-state index contributed by atoms with van der Waals surface area (Å²) in [4.78, 5) is 0. The van der Waals surface area contributed by atoms with Crippen LogP contribution in [0.5, 0.6) is 0 Å². The monoisotopic (exact) mass is 233 g/mol. The Morgan fingerprint density at radius 3 is 2.25 bits per heavy atom. The first kappa shape index (κ1) is 10.7. The summed E-state index contributed by atoms with van der Waals surface area (Å²) in [6.45, 7) is 0. The van der Waals surface area contributed by atoms with Crippen molar-refractivity contribution in [1.29, 1.82) is 0 Å². The molecule has 1 saturated carbocycles. The quantitative estimate of drug-likeness (QED) is 0.848. The average molecular weight is 233 g/mol. The van der Waals surface area contributed by atoms with Crippen LogP contribution in [-0.4, -0.2) is 11.5 Å². The second-order valence-corrected chi connectivity index (χ2v) is 6.39. The molecule has 0 atom stereocenters. The van der Waals surface area contributed by atoms with E-state index in [2.05, 4.69) is 36.0 Å². The highest BCUT2D eigenvalue weighted by Gasteiger charge is 2.39. The molecule has 1 nitrogen and oxygen atoms in total. The van der Waals surface area contributed by atoms with Crippen LogP contribution in [0.2, 0.25) is 0 Å². The molecule has 2 heteroatoms. The molecule has 0 aromatic heterocycles. The molecule has 1 aliphatic carbocycles. The van der Waals surface area contributed by atoms with Gasteiger partial charge in [0.1, 0.15) is 0 Å². The van der Waals surface area contributed by atoms with Gasteiger partial charge >= 0.3 is 0 Å². The van der Waals surface area contributed by atoms with E-state index in [0.717, 1.165) is 18.8 Å². The first-order valence-electron chi connectivity index (χ1n) is 6.25. The van der Waals surface area contributed by atoms with Crippen LogP contribution >= 0.6 is 11.8 Å². The highest BCUT2D eigenvalue weighted by Crippen LogP contribution is 2.43. The maximum absolute atomic E-state index is 6.19. The molecular weight excluding hydrogens is 214 g/mol. The standard InChI is InChI=1S/C14H19NS/c15-14(7-8-14)13-3-1-11(2-4-13)12-5-9-16-10-6-12/h1-4,12H,5-10,15H2. The van der Waals surface area contributed by atoms with Crippen LogP contribution in [0.25, 0.3) is 0 Å². The third-order valence-corrected chi connectivity index (χ3v) is 5.02. The van der Waals surface area contributed by atoms with Gasteiger partial charge < -0.3 is 5.73 Å². The van der Waals surface area contributed by atoms with Crippen molar-refractivity contribution in [3.63, 3.8) is 0 Å². The predicted octanol–water partition coefficient (Wildman–Crippen LogP) is 3.25. The van der Waals surface area contributed by atoms with E-state index in [1.165, 1.54) is 35.5 Å². The molecule has 1 heterocycles. The lowest BCUT2D eigenvalue weighted by atomic mass is 9.92. The van der Waals surface area contributed by atoms with Crippen molar-refractivity contribution < 1.29 is 0 Å². The minimum absolute atomic E-state index is 0.0287. The van der Waals surface area contributed by atoms with Crippen molar-refractivity contribution in [1.82, 2.24) is 0 Å². The summed E-state index contributed by atoms with van der Waals surface area (Å²) >= 11 is 2.09. The average Bonchev–Trinajstić information content (AvgIpc) is 3.10. The third kappa shape index (κ3) is 2.01. The summed E-state index contributed by atoms with van der Waals surface area (Å²) in [5.74, 6) is 3.45. The van der Waals surface area contributed by atoms with E-state index in [-0.39, 0.29) is 5.54 Å². The number of hydrogen-bond acceptors (Lipinski definition) is 2. The van der Waals surface area contributed by atoms with Crippen LogP contribution in [0, 0.1) is 0 Å². The first-order chi connectivity index (χ1) is 7.78. The molecule has 16 heavy (non-hydrogen) atoms. The van der Waals surface area contributed by atoms with Gasteiger partial charge in [-0.25, -0.2) is 0 Å². The van der Waals surface area contributed by atoms with Crippen LogP contribution in [0.3, 0.4) is 0 Å². The van der Waals surface area contributed by atoms with Crippen molar-refractivity contribution in [3.8, 4) is 0 Å². The highest BCUT2D eigenvalue weighted by atomic mass is 32.2. The van der Waals surface area contributed by atoms with Gasteiger partial charge in [0, 0.05) is 5.54 Å². The Kier molecular flexibility index (Phi) is 2.72. The molecule has 1 saturated heterocycles. The van der Waals surface area contributed by atoms with Gasteiger partial charge in [-0.05, 0) is 54.2 Å². The molecule has 0 spiro atoms. The zero-order valence-electron chi connectivity index (χ0n) is 9.61. The normalized spacial score (nSPS) is 24.3. The molecule has 2 aliphatic rings. The molecule has 2 fully saturated rings. The van der Waals surface area contributed by atoms with Crippen LogP contribution in [-0.2, 0) is 5.54 Å². The van der Waals surface area contributed by atoms with E-state index in [9.17, 15) is 0 Å². The van der Waals surface area contributed by atoms with E-state index in [1.54, 1.807) is 0 Å². The lowest BCUT2D eigenvalue weighted by Crippen LogP contribution is -2.18. The maximum Gasteiger partial charge on any atom is 0.0411 e. The Balaban J connectivity index is 1.76.